The molecule has 0 fully saturated rings. The predicted octanol–water partition coefficient (Wildman–Crippen LogP) is 4.41. The Bertz CT molecular complexity index is 550. The van der Waals surface area contributed by atoms with Gasteiger partial charge < -0.3 is 14.6 Å². The Morgan fingerprint density at radius 2 is 1.21 bits per heavy atom. The van der Waals surface area contributed by atoms with Crippen molar-refractivity contribution in [3.8, 4) is 11.5 Å². The van der Waals surface area contributed by atoms with Gasteiger partial charge in [0, 0.05) is 10.5 Å². The van der Waals surface area contributed by atoms with E-state index in [1.54, 1.807) is 11.8 Å². The van der Waals surface area contributed by atoms with E-state index in [1.165, 1.54) is 0 Å². The lowest BCUT2D eigenvalue weighted by Gasteiger charge is -2.30. The molecule has 0 aromatic heterocycles. The molecule has 2 rings (SSSR count). The standard InChI is InChI=1S/C20H26O3S/c1-19(2,3)24-16-20(21,14-22-17-10-6-4-7-11-17)15-23-18-12-8-5-9-13-18/h4-13,21H,14-16H2,1-3H3. The highest BCUT2D eigenvalue weighted by atomic mass is 32.2. The van der Waals surface area contributed by atoms with Gasteiger partial charge in [0.05, 0.1) is 0 Å². The topological polar surface area (TPSA) is 38.7 Å². The highest BCUT2D eigenvalue weighted by Gasteiger charge is 2.31. The molecule has 0 saturated carbocycles. The molecule has 0 atom stereocenters. The van der Waals surface area contributed by atoms with Crippen LogP contribution in [0.25, 0.3) is 0 Å². The summed E-state index contributed by atoms with van der Waals surface area (Å²) in [6.45, 7) is 6.77. The van der Waals surface area contributed by atoms with E-state index in [-0.39, 0.29) is 18.0 Å². The molecule has 2 aromatic rings. The number of ether oxygens (including phenoxy) is 2. The van der Waals surface area contributed by atoms with E-state index in [1.807, 2.05) is 60.7 Å². The number of thioether (sulfide) groups is 1. The van der Waals surface area contributed by atoms with Crippen LogP contribution in [0.2, 0.25) is 0 Å². The molecular weight excluding hydrogens is 320 g/mol. The van der Waals surface area contributed by atoms with E-state index in [0.717, 1.165) is 11.5 Å². The van der Waals surface area contributed by atoms with Gasteiger partial charge in [0.15, 0.2) is 0 Å². The number of benzene rings is 2. The van der Waals surface area contributed by atoms with Crippen LogP contribution < -0.4 is 9.47 Å². The summed E-state index contributed by atoms with van der Waals surface area (Å²) < 4.78 is 11.6. The Kier molecular flexibility index (Phi) is 6.58. The fourth-order valence-electron chi connectivity index (χ4n) is 1.94. The van der Waals surface area contributed by atoms with Gasteiger partial charge >= 0.3 is 0 Å². The minimum absolute atomic E-state index is 0.0630. The van der Waals surface area contributed by atoms with Crippen molar-refractivity contribution >= 4 is 11.8 Å². The summed E-state index contributed by atoms with van der Waals surface area (Å²) in [6.07, 6.45) is 0. The summed E-state index contributed by atoms with van der Waals surface area (Å²) in [5.41, 5.74) is -1.07. The number of aliphatic hydroxyl groups is 1. The van der Waals surface area contributed by atoms with E-state index >= 15 is 0 Å². The van der Waals surface area contributed by atoms with Crippen molar-refractivity contribution in [3.05, 3.63) is 60.7 Å². The van der Waals surface area contributed by atoms with Crippen LogP contribution in [0.1, 0.15) is 20.8 Å². The molecule has 2 aromatic carbocycles. The first-order valence-corrected chi connectivity index (χ1v) is 9.07. The van der Waals surface area contributed by atoms with E-state index < -0.39 is 5.60 Å². The number of para-hydroxylation sites is 2. The first-order valence-electron chi connectivity index (χ1n) is 8.08. The number of hydrogen-bond acceptors (Lipinski definition) is 4. The average Bonchev–Trinajstić information content (AvgIpc) is 2.58. The van der Waals surface area contributed by atoms with Gasteiger partial charge in [-0.05, 0) is 24.3 Å². The van der Waals surface area contributed by atoms with Crippen LogP contribution in [-0.2, 0) is 0 Å². The minimum Gasteiger partial charge on any atom is -0.490 e. The van der Waals surface area contributed by atoms with E-state index in [4.69, 9.17) is 9.47 Å². The summed E-state index contributed by atoms with van der Waals surface area (Å²) in [7, 11) is 0. The molecule has 0 unspecified atom stereocenters. The molecule has 0 aliphatic rings. The van der Waals surface area contributed by atoms with Gasteiger partial charge in [-0.3, -0.25) is 0 Å². The Morgan fingerprint density at radius 1 is 0.792 bits per heavy atom. The zero-order chi connectivity index (χ0) is 17.5. The van der Waals surface area contributed by atoms with E-state index in [2.05, 4.69) is 20.8 Å². The Labute approximate surface area is 149 Å². The second-order valence-corrected chi connectivity index (χ2v) is 8.63. The zero-order valence-electron chi connectivity index (χ0n) is 14.6. The van der Waals surface area contributed by atoms with Crippen LogP contribution in [-0.4, -0.2) is 34.4 Å². The van der Waals surface area contributed by atoms with Crippen molar-refractivity contribution in [2.45, 2.75) is 31.1 Å². The monoisotopic (exact) mass is 346 g/mol. The third-order valence-electron chi connectivity index (χ3n) is 3.28. The molecule has 0 saturated heterocycles. The summed E-state index contributed by atoms with van der Waals surface area (Å²) in [4.78, 5) is 0. The van der Waals surface area contributed by atoms with Gasteiger partial charge in [-0.25, -0.2) is 0 Å². The first kappa shape index (κ1) is 18.7. The van der Waals surface area contributed by atoms with Crippen molar-refractivity contribution in [1.82, 2.24) is 0 Å². The number of rotatable bonds is 8. The first-order chi connectivity index (χ1) is 11.4. The van der Waals surface area contributed by atoms with Crippen LogP contribution in [0.5, 0.6) is 11.5 Å². The maximum absolute atomic E-state index is 11.0. The molecule has 0 aliphatic carbocycles. The molecule has 0 heterocycles. The second kappa shape index (κ2) is 8.45. The largest absolute Gasteiger partial charge is 0.490 e. The van der Waals surface area contributed by atoms with Gasteiger partial charge in [0.1, 0.15) is 30.3 Å². The summed E-state index contributed by atoms with van der Waals surface area (Å²) in [6, 6.07) is 19.1. The maximum atomic E-state index is 11.0. The third-order valence-corrected chi connectivity index (χ3v) is 4.82. The van der Waals surface area contributed by atoms with Crippen LogP contribution in [0, 0.1) is 0 Å². The molecule has 24 heavy (non-hydrogen) atoms. The molecule has 3 nitrogen and oxygen atoms in total. The molecule has 4 heteroatoms. The highest BCUT2D eigenvalue weighted by molar-refractivity contribution is 8.00. The van der Waals surface area contributed by atoms with E-state index in [0.29, 0.717) is 5.75 Å². The van der Waals surface area contributed by atoms with E-state index in [9.17, 15) is 5.11 Å². The molecule has 0 amide bonds. The third kappa shape index (κ3) is 6.85. The minimum atomic E-state index is -1.07. The van der Waals surface area contributed by atoms with Crippen molar-refractivity contribution in [3.63, 3.8) is 0 Å². The summed E-state index contributed by atoms with van der Waals surface area (Å²) in [5.74, 6) is 2.03. The van der Waals surface area contributed by atoms with Crippen molar-refractivity contribution in [1.29, 1.82) is 0 Å². The van der Waals surface area contributed by atoms with Crippen molar-refractivity contribution in [2.24, 2.45) is 0 Å². The lowest BCUT2D eigenvalue weighted by atomic mass is 10.1. The smallest absolute Gasteiger partial charge is 0.141 e. The van der Waals surface area contributed by atoms with Crippen LogP contribution in [0.15, 0.2) is 60.7 Å². The van der Waals surface area contributed by atoms with Crippen LogP contribution in [0.4, 0.5) is 0 Å². The molecular formula is C20H26O3S. The van der Waals surface area contributed by atoms with Gasteiger partial charge in [0.25, 0.3) is 0 Å². The summed E-state index contributed by atoms with van der Waals surface area (Å²) in [5, 5.41) is 11.0. The molecule has 130 valence electrons. The molecule has 1 N–H and O–H groups in total. The Hall–Kier alpha value is -1.65. The fraction of sp³-hybridized carbons (Fsp3) is 0.400. The Morgan fingerprint density at radius 3 is 1.58 bits per heavy atom. The normalized spacial score (nSPS) is 12.0. The Balaban J connectivity index is 1.99. The average molecular weight is 346 g/mol. The van der Waals surface area contributed by atoms with Gasteiger partial charge in [-0.1, -0.05) is 57.2 Å². The van der Waals surface area contributed by atoms with Crippen LogP contribution in [0.3, 0.4) is 0 Å². The van der Waals surface area contributed by atoms with Gasteiger partial charge in [0.2, 0.25) is 0 Å². The van der Waals surface area contributed by atoms with Gasteiger partial charge in [-0.2, -0.15) is 11.8 Å². The molecule has 0 aliphatic heterocycles. The zero-order valence-corrected chi connectivity index (χ0v) is 15.4. The lowest BCUT2D eigenvalue weighted by molar-refractivity contribution is -0.0208. The molecule has 0 spiro atoms. The van der Waals surface area contributed by atoms with Crippen molar-refractivity contribution in [2.75, 3.05) is 19.0 Å². The summed E-state index contributed by atoms with van der Waals surface area (Å²) >= 11 is 1.70. The van der Waals surface area contributed by atoms with Crippen LogP contribution >= 0.6 is 11.8 Å². The molecule has 0 radical (unpaired) electrons. The second-order valence-electron chi connectivity index (χ2n) is 6.83. The maximum Gasteiger partial charge on any atom is 0.141 e. The SMILES string of the molecule is CC(C)(C)SCC(O)(COc1ccccc1)COc1ccccc1. The fourth-order valence-corrected chi connectivity index (χ4v) is 2.81. The molecule has 0 bridgehead atoms. The number of hydrogen-bond donors (Lipinski definition) is 1. The van der Waals surface area contributed by atoms with Crippen molar-refractivity contribution < 1.29 is 14.6 Å². The van der Waals surface area contributed by atoms with Gasteiger partial charge in [-0.15, -0.1) is 0 Å². The predicted molar refractivity (Wildman–Crippen MR) is 101 cm³/mol. The lowest BCUT2D eigenvalue weighted by Crippen LogP contribution is -2.45. The highest BCUT2D eigenvalue weighted by Crippen LogP contribution is 2.28. The quantitative estimate of drug-likeness (QED) is 0.768.